The maximum Gasteiger partial charge on any atom is 0.303 e. The molecule has 0 aromatic heterocycles. The van der Waals surface area contributed by atoms with E-state index in [1.54, 1.807) is 0 Å². The van der Waals surface area contributed by atoms with Gasteiger partial charge in [0.15, 0.2) is 0 Å². The van der Waals surface area contributed by atoms with Crippen LogP contribution in [0.5, 0.6) is 0 Å². The van der Waals surface area contributed by atoms with Gasteiger partial charge in [-0.25, -0.2) is 0 Å². The summed E-state index contributed by atoms with van der Waals surface area (Å²) in [5.74, 6) is -1.56. The third-order valence-electron chi connectivity index (χ3n) is 2.28. The fourth-order valence-electron chi connectivity index (χ4n) is 1.45. The zero-order valence-electron chi connectivity index (χ0n) is 8.59. The quantitative estimate of drug-likeness (QED) is 0.571. The SMILES string of the molecule is O=C(O)CCCCCC1=C(Br)C(=O)NC1=O. The highest BCUT2D eigenvalue weighted by Gasteiger charge is 2.27. The van der Waals surface area contributed by atoms with Gasteiger partial charge in [-0.3, -0.25) is 19.7 Å². The van der Waals surface area contributed by atoms with Crippen LogP contribution in [0.3, 0.4) is 0 Å². The van der Waals surface area contributed by atoms with Crippen molar-refractivity contribution in [2.24, 2.45) is 0 Å². The van der Waals surface area contributed by atoms with Crippen molar-refractivity contribution in [3.63, 3.8) is 0 Å². The fraction of sp³-hybridized carbons (Fsp3) is 0.500. The van der Waals surface area contributed by atoms with Crippen LogP contribution in [0, 0.1) is 0 Å². The van der Waals surface area contributed by atoms with Crippen molar-refractivity contribution in [2.45, 2.75) is 32.1 Å². The van der Waals surface area contributed by atoms with E-state index >= 15 is 0 Å². The summed E-state index contributed by atoms with van der Waals surface area (Å²) < 4.78 is 0.302. The number of aliphatic carboxylic acids is 1. The number of imide groups is 1. The van der Waals surface area contributed by atoms with Crippen molar-refractivity contribution in [2.75, 3.05) is 0 Å². The highest BCUT2D eigenvalue weighted by Crippen LogP contribution is 2.23. The number of rotatable bonds is 6. The molecule has 1 heterocycles. The van der Waals surface area contributed by atoms with Crippen LogP contribution < -0.4 is 5.32 Å². The molecular weight excluding hydrogens is 278 g/mol. The van der Waals surface area contributed by atoms with Crippen molar-refractivity contribution in [1.29, 1.82) is 0 Å². The number of carbonyl (C=O) groups is 3. The number of unbranched alkanes of at least 4 members (excludes halogenated alkanes) is 2. The molecule has 0 aromatic carbocycles. The molecule has 5 nitrogen and oxygen atoms in total. The first-order chi connectivity index (χ1) is 7.52. The highest BCUT2D eigenvalue weighted by atomic mass is 79.9. The number of carbonyl (C=O) groups excluding carboxylic acids is 2. The van der Waals surface area contributed by atoms with Gasteiger partial charge in [-0.05, 0) is 35.2 Å². The maximum atomic E-state index is 11.3. The largest absolute Gasteiger partial charge is 0.481 e. The fourth-order valence-corrected chi connectivity index (χ4v) is 1.93. The molecule has 2 amide bonds. The van der Waals surface area contributed by atoms with Crippen molar-refractivity contribution < 1.29 is 19.5 Å². The van der Waals surface area contributed by atoms with Crippen LogP contribution in [-0.2, 0) is 14.4 Å². The van der Waals surface area contributed by atoms with Crippen molar-refractivity contribution in [1.82, 2.24) is 5.32 Å². The summed E-state index contributed by atoms with van der Waals surface area (Å²) in [5, 5.41) is 10.6. The van der Waals surface area contributed by atoms with E-state index in [9.17, 15) is 14.4 Å². The molecular formula is C10H12BrNO4. The Balaban J connectivity index is 2.30. The Morgan fingerprint density at radius 1 is 1.19 bits per heavy atom. The second-order valence-electron chi connectivity index (χ2n) is 3.53. The van der Waals surface area contributed by atoms with Gasteiger partial charge in [0, 0.05) is 12.0 Å². The van der Waals surface area contributed by atoms with Crippen LogP contribution >= 0.6 is 15.9 Å². The van der Waals surface area contributed by atoms with Gasteiger partial charge in [0.25, 0.3) is 11.8 Å². The summed E-state index contributed by atoms with van der Waals surface area (Å²) in [4.78, 5) is 32.6. The van der Waals surface area contributed by atoms with Crippen LogP contribution in [0.15, 0.2) is 10.1 Å². The third-order valence-corrected chi connectivity index (χ3v) is 3.12. The van der Waals surface area contributed by atoms with Crippen LogP contribution in [-0.4, -0.2) is 22.9 Å². The lowest BCUT2D eigenvalue weighted by Gasteiger charge is -2.00. The second-order valence-corrected chi connectivity index (χ2v) is 4.32. The van der Waals surface area contributed by atoms with Crippen molar-refractivity contribution >= 4 is 33.7 Å². The Labute approximate surface area is 101 Å². The lowest BCUT2D eigenvalue weighted by molar-refractivity contribution is -0.137. The number of carboxylic acid groups (broad SMARTS) is 1. The van der Waals surface area contributed by atoms with E-state index in [-0.39, 0.29) is 12.3 Å². The molecule has 0 aliphatic carbocycles. The molecule has 1 rings (SSSR count). The van der Waals surface area contributed by atoms with Crippen molar-refractivity contribution in [3.05, 3.63) is 10.1 Å². The van der Waals surface area contributed by atoms with Gasteiger partial charge >= 0.3 is 5.97 Å². The van der Waals surface area contributed by atoms with Gasteiger partial charge < -0.3 is 5.11 Å². The van der Waals surface area contributed by atoms with Gasteiger partial charge in [0.2, 0.25) is 0 Å². The van der Waals surface area contributed by atoms with Crippen LogP contribution in [0.25, 0.3) is 0 Å². The molecule has 1 aliphatic heterocycles. The summed E-state index contributed by atoms with van der Waals surface area (Å²) in [5.41, 5.74) is 0.459. The molecule has 1 aliphatic rings. The number of amides is 2. The molecule has 0 spiro atoms. The zero-order valence-corrected chi connectivity index (χ0v) is 10.2. The average Bonchev–Trinajstić information content (AvgIpc) is 2.43. The highest BCUT2D eigenvalue weighted by molar-refractivity contribution is 9.12. The summed E-state index contributed by atoms with van der Waals surface area (Å²) in [6, 6.07) is 0. The van der Waals surface area contributed by atoms with Gasteiger partial charge in [-0.15, -0.1) is 0 Å². The van der Waals surface area contributed by atoms with Gasteiger partial charge in [0.05, 0.1) is 4.48 Å². The second kappa shape index (κ2) is 5.79. The molecule has 0 radical (unpaired) electrons. The smallest absolute Gasteiger partial charge is 0.303 e. The standard InChI is InChI=1S/C10H12BrNO4/c11-8-6(9(15)12-10(8)16)4-2-1-3-5-7(13)14/h1-5H2,(H,13,14)(H,12,15,16). The van der Waals surface area contributed by atoms with E-state index in [4.69, 9.17) is 5.11 Å². The Kier molecular flexibility index (Phi) is 4.67. The Morgan fingerprint density at radius 2 is 1.88 bits per heavy atom. The minimum absolute atomic E-state index is 0.144. The Bertz CT molecular complexity index is 362. The minimum atomic E-state index is -0.811. The minimum Gasteiger partial charge on any atom is -0.481 e. The van der Waals surface area contributed by atoms with E-state index in [0.29, 0.717) is 29.3 Å². The number of nitrogens with one attached hydrogen (secondary N) is 1. The van der Waals surface area contributed by atoms with Gasteiger partial charge in [-0.2, -0.15) is 0 Å². The van der Waals surface area contributed by atoms with Gasteiger partial charge in [0.1, 0.15) is 0 Å². The molecule has 0 fully saturated rings. The zero-order chi connectivity index (χ0) is 12.1. The summed E-state index contributed by atoms with van der Waals surface area (Å²) >= 11 is 3.06. The van der Waals surface area contributed by atoms with Crippen molar-refractivity contribution in [3.8, 4) is 0 Å². The number of carboxylic acids is 1. The van der Waals surface area contributed by atoms with E-state index in [1.807, 2.05) is 0 Å². The molecule has 0 unspecified atom stereocenters. The topological polar surface area (TPSA) is 83.5 Å². The lowest BCUT2D eigenvalue weighted by Crippen LogP contribution is -2.22. The van der Waals surface area contributed by atoms with Crippen LogP contribution in [0.2, 0.25) is 0 Å². The molecule has 0 saturated carbocycles. The van der Waals surface area contributed by atoms with E-state index in [0.717, 1.165) is 6.42 Å². The molecule has 88 valence electrons. The Morgan fingerprint density at radius 3 is 2.38 bits per heavy atom. The van der Waals surface area contributed by atoms with Crippen LogP contribution in [0.4, 0.5) is 0 Å². The third kappa shape index (κ3) is 3.44. The first kappa shape index (κ1) is 12.9. The average molecular weight is 290 g/mol. The van der Waals surface area contributed by atoms with E-state index in [2.05, 4.69) is 21.2 Å². The molecule has 0 saturated heterocycles. The van der Waals surface area contributed by atoms with E-state index < -0.39 is 11.9 Å². The molecule has 2 N–H and O–H groups in total. The molecule has 0 atom stereocenters. The first-order valence-electron chi connectivity index (χ1n) is 4.98. The van der Waals surface area contributed by atoms with E-state index in [1.165, 1.54) is 0 Å². The lowest BCUT2D eigenvalue weighted by atomic mass is 10.1. The predicted octanol–water partition coefficient (Wildman–Crippen LogP) is 1.33. The predicted molar refractivity (Wildman–Crippen MR) is 59.8 cm³/mol. The number of halogens is 1. The normalized spacial score (nSPS) is 15.6. The molecule has 0 bridgehead atoms. The van der Waals surface area contributed by atoms with Gasteiger partial charge in [-0.1, -0.05) is 6.42 Å². The maximum absolute atomic E-state index is 11.3. The first-order valence-corrected chi connectivity index (χ1v) is 5.78. The monoisotopic (exact) mass is 289 g/mol. The van der Waals surface area contributed by atoms with Crippen LogP contribution in [0.1, 0.15) is 32.1 Å². The summed E-state index contributed by atoms with van der Waals surface area (Å²) in [6.45, 7) is 0. The summed E-state index contributed by atoms with van der Waals surface area (Å²) in [7, 11) is 0. The molecule has 6 heteroatoms. The number of hydrogen-bond donors (Lipinski definition) is 2. The molecule has 16 heavy (non-hydrogen) atoms. The molecule has 0 aromatic rings. The Hall–Kier alpha value is -1.17. The number of hydrogen-bond acceptors (Lipinski definition) is 3. The summed E-state index contributed by atoms with van der Waals surface area (Å²) in [6.07, 6.45) is 2.68.